The van der Waals surface area contributed by atoms with Crippen molar-refractivity contribution in [2.45, 2.75) is 6.42 Å². The summed E-state index contributed by atoms with van der Waals surface area (Å²) >= 11 is 7.90. The van der Waals surface area contributed by atoms with Gasteiger partial charge in [0.15, 0.2) is 0 Å². The van der Waals surface area contributed by atoms with E-state index in [2.05, 4.69) is 15.9 Å². The Morgan fingerprint density at radius 1 is 1.46 bits per heavy atom. The molecule has 0 unspecified atom stereocenters. The summed E-state index contributed by atoms with van der Waals surface area (Å²) in [6.45, 7) is 0. The quantitative estimate of drug-likeness (QED) is 0.596. The van der Waals surface area contributed by atoms with Gasteiger partial charge in [-0.3, -0.25) is 4.79 Å². The first-order chi connectivity index (χ1) is 6.02. The summed E-state index contributed by atoms with van der Waals surface area (Å²) in [7, 11) is 0. The molecule has 5 heteroatoms. The predicted molar refractivity (Wildman–Crippen MR) is 48.6 cm³/mol. The molecule has 0 bridgehead atoms. The molecule has 0 saturated carbocycles. The van der Waals surface area contributed by atoms with E-state index in [9.17, 15) is 13.6 Å². The molecular weight excluding hydrogens is 265 g/mol. The Labute approximate surface area is 86.8 Å². The summed E-state index contributed by atoms with van der Waals surface area (Å²) in [5, 5.41) is -0.795. The summed E-state index contributed by atoms with van der Waals surface area (Å²) < 4.78 is 26.2. The topological polar surface area (TPSA) is 17.1 Å². The second-order valence-corrected chi connectivity index (χ2v) is 3.63. The van der Waals surface area contributed by atoms with Gasteiger partial charge in [-0.15, -0.1) is 0 Å². The number of hydrogen-bond donors (Lipinski definition) is 0. The standard InChI is InChI=1S/C8H4BrClF2O/c9-5-1-2-6(11)4(8(5)12)3-7(10)13/h1-2H,3H2. The molecule has 0 aromatic heterocycles. The van der Waals surface area contributed by atoms with Gasteiger partial charge in [-0.1, -0.05) is 0 Å². The van der Waals surface area contributed by atoms with Crippen molar-refractivity contribution in [1.29, 1.82) is 0 Å². The van der Waals surface area contributed by atoms with Crippen LogP contribution in [-0.4, -0.2) is 5.24 Å². The van der Waals surface area contributed by atoms with Crippen molar-refractivity contribution < 1.29 is 13.6 Å². The van der Waals surface area contributed by atoms with Crippen molar-refractivity contribution in [2.24, 2.45) is 0 Å². The van der Waals surface area contributed by atoms with E-state index in [1.807, 2.05) is 0 Å². The molecule has 0 fully saturated rings. The van der Waals surface area contributed by atoms with E-state index in [4.69, 9.17) is 11.6 Å². The highest BCUT2D eigenvalue weighted by atomic mass is 79.9. The first-order valence-electron chi connectivity index (χ1n) is 3.33. The van der Waals surface area contributed by atoms with Crippen LogP contribution < -0.4 is 0 Å². The van der Waals surface area contributed by atoms with Crippen LogP contribution in [0.4, 0.5) is 8.78 Å². The Kier molecular flexibility index (Phi) is 3.39. The Bertz CT molecular complexity index is 354. The van der Waals surface area contributed by atoms with Gasteiger partial charge >= 0.3 is 0 Å². The third-order valence-electron chi connectivity index (χ3n) is 1.45. The van der Waals surface area contributed by atoms with Crippen LogP contribution in [0.15, 0.2) is 16.6 Å². The van der Waals surface area contributed by atoms with E-state index in [-0.39, 0.29) is 10.0 Å². The highest BCUT2D eigenvalue weighted by Gasteiger charge is 2.14. The Balaban J connectivity index is 3.17. The summed E-state index contributed by atoms with van der Waals surface area (Å²) in [4.78, 5) is 10.4. The van der Waals surface area contributed by atoms with Crippen LogP contribution in [0.1, 0.15) is 5.56 Å². The number of carbonyl (C=O) groups is 1. The van der Waals surface area contributed by atoms with Gasteiger partial charge in [-0.25, -0.2) is 8.78 Å². The average molecular weight is 269 g/mol. The largest absolute Gasteiger partial charge is 0.281 e. The van der Waals surface area contributed by atoms with Crippen LogP contribution in [0.2, 0.25) is 0 Å². The maximum Gasteiger partial charge on any atom is 0.226 e. The Hall–Kier alpha value is -0.480. The van der Waals surface area contributed by atoms with E-state index in [1.165, 1.54) is 6.07 Å². The second kappa shape index (κ2) is 4.15. The summed E-state index contributed by atoms with van der Waals surface area (Å²) in [5.74, 6) is -1.55. The first-order valence-corrected chi connectivity index (χ1v) is 4.50. The number of benzene rings is 1. The summed E-state index contributed by atoms with van der Waals surface area (Å²) in [6.07, 6.45) is -0.446. The van der Waals surface area contributed by atoms with Gasteiger partial charge in [0, 0.05) is 5.56 Å². The van der Waals surface area contributed by atoms with Crippen LogP contribution in [-0.2, 0) is 11.2 Å². The van der Waals surface area contributed by atoms with Crippen LogP contribution in [0.5, 0.6) is 0 Å². The van der Waals surface area contributed by atoms with Gasteiger partial charge in [0.05, 0.1) is 10.9 Å². The van der Waals surface area contributed by atoms with Crippen molar-refractivity contribution >= 4 is 32.8 Å². The summed E-state index contributed by atoms with van der Waals surface area (Å²) in [6, 6.07) is 2.30. The van der Waals surface area contributed by atoms with E-state index in [0.29, 0.717) is 0 Å². The zero-order chi connectivity index (χ0) is 10.0. The molecule has 0 aliphatic heterocycles. The van der Waals surface area contributed by atoms with Crippen molar-refractivity contribution in [2.75, 3.05) is 0 Å². The lowest BCUT2D eigenvalue weighted by Crippen LogP contribution is -2.01. The van der Waals surface area contributed by atoms with Gasteiger partial charge in [-0.2, -0.15) is 0 Å². The minimum atomic E-state index is -0.795. The van der Waals surface area contributed by atoms with E-state index < -0.39 is 23.3 Å². The number of hydrogen-bond acceptors (Lipinski definition) is 1. The molecule has 0 atom stereocenters. The molecule has 0 aliphatic rings. The van der Waals surface area contributed by atoms with Gasteiger partial charge in [0.2, 0.25) is 5.24 Å². The fourth-order valence-electron chi connectivity index (χ4n) is 0.870. The molecule has 13 heavy (non-hydrogen) atoms. The molecule has 1 nitrogen and oxygen atoms in total. The SMILES string of the molecule is O=C(Cl)Cc1c(F)ccc(Br)c1F. The van der Waals surface area contributed by atoms with Crippen LogP contribution in [0, 0.1) is 11.6 Å². The predicted octanol–water partition coefficient (Wildman–Crippen LogP) is 3.04. The molecule has 0 amide bonds. The minimum Gasteiger partial charge on any atom is -0.281 e. The molecule has 0 radical (unpaired) electrons. The molecule has 0 heterocycles. The maximum absolute atomic E-state index is 13.1. The molecular formula is C8H4BrClF2O. The zero-order valence-corrected chi connectivity index (χ0v) is 8.62. The molecule has 0 saturated heterocycles. The Morgan fingerprint density at radius 2 is 2.08 bits per heavy atom. The maximum atomic E-state index is 13.1. The fraction of sp³-hybridized carbons (Fsp3) is 0.125. The lowest BCUT2D eigenvalue weighted by Gasteiger charge is -2.02. The lowest BCUT2D eigenvalue weighted by molar-refractivity contribution is -0.111. The lowest BCUT2D eigenvalue weighted by atomic mass is 10.1. The van der Waals surface area contributed by atoms with Gasteiger partial charge in [-0.05, 0) is 39.7 Å². The van der Waals surface area contributed by atoms with E-state index in [1.54, 1.807) is 0 Å². The Morgan fingerprint density at radius 3 is 2.62 bits per heavy atom. The van der Waals surface area contributed by atoms with Crippen LogP contribution in [0.25, 0.3) is 0 Å². The molecule has 1 rings (SSSR count). The highest BCUT2D eigenvalue weighted by Crippen LogP contribution is 2.22. The molecule has 0 aliphatic carbocycles. The second-order valence-electron chi connectivity index (χ2n) is 2.35. The molecule has 70 valence electrons. The van der Waals surface area contributed by atoms with Gasteiger partial charge in [0.25, 0.3) is 0 Å². The van der Waals surface area contributed by atoms with Crippen LogP contribution in [0.3, 0.4) is 0 Å². The van der Waals surface area contributed by atoms with Crippen molar-refractivity contribution in [1.82, 2.24) is 0 Å². The molecule has 1 aromatic rings. The highest BCUT2D eigenvalue weighted by molar-refractivity contribution is 9.10. The number of halogens is 4. The number of carbonyl (C=O) groups excluding carboxylic acids is 1. The first kappa shape index (κ1) is 10.6. The summed E-state index contributed by atoms with van der Waals surface area (Å²) in [5.41, 5.74) is -0.311. The van der Waals surface area contributed by atoms with E-state index in [0.717, 1.165) is 6.07 Å². The fourth-order valence-corrected chi connectivity index (χ4v) is 1.38. The zero-order valence-electron chi connectivity index (χ0n) is 6.28. The number of rotatable bonds is 2. The van der Waals surface area contributed by atoms with Crippen molar-refractivity contribution in [3.63, 3.8) is 0 Å². The smallest absolute Gasteiger partial charge is 0.226 e. The van der Waals surface area contributed by atoms with Crippen molar-refractivity contribution in [3.8, 4) is 0 Å². The molecule has 0 N–H and O–H groups in total. The average Bonchev–Trinajstić information content (AvgIpc) is 2.05. The van der Waals surface area contributed by atoms with Crippen molar-refractivity contribution in [3.05, 3.63) is 33.8 Å². The van der Waals surface area contributed by atoms with Gasteiger partial charge in [0.1, 0.15) is 11.6 Å². The normalized spacial score (nSPS) is 10.2. The van der Waals surface area contributed by atoms with E-state index >= 15 is 0 Å². The minimum absolute atomic E-state index is 0.113. The van der Waals surface area contributed by atoms with Crippen LogP contribution >= 0.6 is 27.5 Å². The third-order valence-corrected chi connectivity index (χ3v) is 2.20. The molecule has 0 spiro atoms. The monoisotopic (exact) mass is 268 g/mol. The third kappa shape index (κ3) is 2.48. The molecule has 1 aromatic carbocycles. The van der Waals surface area contributed by atoms with Gasteiger partial charge < -0.3 is 0 Å².